The van der Waals surface area contributed by atoms with Gasteiger partial charge >= 0.3 is 12.1 Å². The van der Waals surface area contributed by atoms with E-state index in [1.807, 2.05) is 55.5 Å². The molecule has 5 amide bonds. The van der Waals surface area contributed by atoms with E-state index in [-0.39, 0.29) is 12.1 Å². The lowest BCUT2D eigenvalue weighted by Crippen LogP contribution is -2.50. The number of carbonyl (C=O) groups excluding carboxylic acids is 4. The summed E-state index contributed by atoms with van der Waals surface area (Å²) >= 11 is 1.18. The smallest absolute Gasteiger partial charge is 0.410 e. The van der Waals surface area contributed by atoms with Gasteiger partial charge in [-0.1, -0.05) is 18.2 Å². The molecule has 14 heteroatoms. The first-order valence-corrected chi connectivity index (χ1v) is 18.4. The summed E-state index contributed by atoms with van der Waals surface area (Å²) < 4.78 is 11.5. The lowest BCUT2D eigenvalue weighted by molar-refractivity contribution is -0.128. The zero-order valence-electron chi connectivity index (χ0n) is 31.4. The van der Waals surface area contributed by atoms with Crippen molar-refractivity contribution >= 4 is 62.6 Å². The Morgan fingerprint density at radius 3 is 2.50 bits per heavy atom. The summed E-state index contributed by atoms with van der Waals surface area (Å²) in [4.78, 5) is 63.9. The van der Waals surface area contributed by atoms with E-state index in [2.05, 4.69) is 15.6 Å². The van der Waals surface area contributed by atoms with Crippen LogP contribution in [0.15, 0.2) is 72.4 Å². The van der Waals surface area contributed by atoms with Gasteiger partial charge in [0.15, 0.2) is 0 Å². The van der Waals surface area contributed by atoms with E-state index in [4.69, 9.17) is 9.47 Å². The van der Waals surface area contributed by atoms with Crippen molar-refractivity contribution in [2.45, 2.75) is 71.6 Å². The van der Waals surface area contributed by atoms with Crippen LogP contribution in [0.2, 0.25) is 0 Å². The van der Waals surface area contributed by atoms with Gasteiger partial charge in [-0.3, -0.25) is 14.5 Å². The summed E-state index contributed by atoms with van der Waals surface area (Å²) in [5.41, 5.74) is 0.602. The Labute approximate surface area is 318 Å². The maximum atomic E-state index is 13.9. The van der Waals surface area contributed by atoms with Gasteiger partial charge in [0, 0.05) is 32.4 Å². The average molecular weight is 750 g/mol. The molecule has 0 unspecified atom stereocenters. The third-order valence-corrected chi connectivity index (χ3v) is 10.4. The summed E-state index contributed by atoms with van der Waals surface area (Å²) in [6.45, 7) is 11.2. The molecule has 0 spiro atoms. The maximum absolute atomic E-state index is 13.9. The predicted octanol–water partition coefficient (Wildman–Crippen LogP) is 7.90. The number of ether oxygens (including phenoxy) is 2. The number of hydrogen-bond donors (Lipinski definition) is 2. The van der Waals surface area contributed by atoms with Gasteiger partial charge in [-0.25, -0.2) is 14.6 Å². The van der Waals surface area contributed by atoms with E-state index < -0.39 is 41.1 Å². The fourth-order valence-electron chi connectivity index (χ4n) is 6.41. The molecule has 13 nitrogen and oxygen atoms in total. The van der Waals surface area contributed by atoms with Crippen molar-refractivity contribution in [3.8, 4) is 17.6 Å². The highest BCUT2D eigenvalue weighted by Crippen LogP contribution is 2.46. The van der Waals surface area contributed by atoms with Crippen molar-refractivity contribution in [1.82, 2.24) is 20.1 Å². The largest absolute Gasteiger partial charge is 0.457 e. The summed E-state index contributed by atoms with van der Waals surface area (Å²) in [5.74, 6) is 0.440. The van der Waals surface area contributed by atoms with Gasteiger partial charge in [0.2, 0.25) is 0 Å². The second kappa shape index (κ2) is 14.8. The fourth-order valence-corrected chi connectivity index (χ4v) is 7.43. The van der Waals surface area contributed by atoms with Gasteiger partial charge in [0.25, 0.3) is 11.8 Å². The zero-order chi connectivity index (χ0) is 38.9. The molecule has 280 valence electrons. The molecule has 0 bridgehead atoms. The van der Waals surface area contributed by atoms with Crippen LogP contribution in [0.4, 0.5) is 26.7 Å². The van der Waals surface area contributed by atoms with Crippen molar-refractivity contribution in [3.63, 3.8) is 0 Å². The Morgan fingerprint density at radius 1 is 1.07 bits per heavy atom. The number of likely N-dealkylation sites (tertiary alicyclic amines) is 1. The zero-order valence-corrected chi connectivity index (χ0v) is 32.2. The lowest BCUT2D eigenvalue weighted by Gasteiger charge is -2.36. The minimum atomic E-state index is -1.01. The van der Waals surface area contributed by atoms with Crippen LogP contribution in [0.25, 0.3) is 10.2 Å². The predicted molar refractivity (Wildman–Crippen MR) is 207 cm³/mol. The molecular formula is C40H43N7O6S. The standard InChI is InChI=1S/C40H43N7O6S/c1-24-20-28(52-27-13-9-8-10-14-27)15-16-29(24)47-30-17-18-42-35-31(30)32(44-37(47)50)33(54-35)34(48)43-26-12-11-19-46(23-26)36(49)25(22-41)21-40(5,6)45(7)38(51)53-39(2,3)4/h8-10,13-18,20-21,26H,11-12,19,23H2,1-7H3,(H,43,48)(H,44,50)/b25-21+/t26-/m1/s1. The molecule has 54 heavy (non-hydrogen) atoms. The number of aromatic nitrogens is 1. The second-order valence-electron chi connectivity index (χ2n) is 14.9. The molecule has 0 saturated carbocycles. The fraction of sp³-hybridized carbons (Fsp3) is 0.350. The lowest BCUT2D eigenvalue weighted by atomic mass is 9.98. The number of rotatable bonds is 8. The number of anilines is 3. The topological polar surface area (TPSA) is 157 Å². The van der Waals surface area contributed by atoms with E-state index in [9.17, 15) is 24.4 Å². The molecule has 2 aliphatic heterocycles. The Kier molecular flexibility index (Phi) is 10.4. The number of urea groups is 1. The molecule has 6 rings (SSSR count). The third kappa shape index (κ3) is 7.86. The number of aryl methyl sites for hydroxylation is 1. The normalized spacial score (nSPS) is 16.0. The summed E-state index contributed by atoms with van der Waals surface area (Å²) in [6, 6.07) is 17.9. The van der Waals surface area contributed by atoms with Crippen LogP contribution in [-0.2, 0) is 9.53 Å². The minimum Gasteiger partial charge on any atom is -0.457 e. The highest BCUT2D eigenvalue weighted by molar-refractivity contribution is 7.21. The number of para-hydroxylation sites is 1. The quantitative estimate of drug-likeness (QED) is 0.136. The van der Waals surface area contributed by atoms with Crippen molar-refractivity contribution in [3.05, 3.63) is 82.9 Å². The molecule has 1 atom stereocenters. The molecule has 1 saturated heterocycles. The van der Waals surface area contributed by atoms with Gasteiger partial charge in [0.1, 0.15) is 38.4 Å². The van der Waals surface area contributed by atoms with Gasteiger partial charge in [0.05, 0.1) is 28.0 Å². The van der Waals surface area contributed by atoms with Gasteiger partial charge in [-0.2, -0.15) is 5.26 Å². The van der Waals surface area contributed by atoms with Crippen LogP contribution in [0.3, 0.4) is 0 Å². The number of piperidine rings is 1. The van der Waals surface area contributed by atoms with Crippen molar-refractivity contribution in [2.75, 3.05) is 30.4 Å². The van der Waals surface area contributed by atoms with E-state index in [0.717, 1.165) is 5.56 Å². The number of benzene rings is 2. The molecule has 2 aromatic carbocycles. The van der Waals surface area contributed by atoms with Crippen molar-refractivity contribution < 1.29 is 28.7 Å². The number of nitrogens with one attached hydrogen (secondary N) is 2. The molecule has 1 fully saturated rings. The number of nitrogens with zero attached hydrogens (tertiary/aromatic N) is 5. The van der Waals surface area contributed by atoms with Crippen LogP contribution in [0.5, 0.6) is 11.5 Å². The number of pyridine rings is 1. The summed E-state index contributed by atoms with van der Waals surface area (Å²) in [7, 11) is 1.55. The van der Waals surface area contributed by atoms with Crippen LogP contribution in [0.1, 0.15) is 62.7 Å². The summed E-state index contributed by atoms with van der Waals surface area (Å²) in [5, 5.41) is 16.6. The van der Waals surface area contributed by atoms with Crippen LogP contribution in [0, 0.1) is 18.3 Å². The molecule has 2 aliphatic rings. The van der Waals surface area contributed by atoms with Crippen LogP contribution >= 0.6 is 11.3 Å². The highest BCUT2D eigenvalue weighted by Gasteiger charge is 2.36. The monoisotopic (exact) mass is 749 g/mol. The van der Waals surface area contributed by atoms with E-state index >= 15 is 0 Å². The van der Waals surface area contributed by atoms with Crippen molar-refractivity contribution in [2.24, 2.45) is 0 Å². The van der Waals surface area contributed by atoms with Crippen LogP contribution < -0.4 is 20.3 Å². The number of nitriles is 1. The molecular weight excluding hydrogens is 707 g/mol. The molecule has 4 heterocycles. The Balaban J connectivity index is 1.18. The first-order chi connectivity index (χ1) is 25.6. The average Bonchev–Trinajstić information content (AvgIpc) is 3.50. The number of amides is 5. The number of hydrogen-bond acceptors (Lipinski definition) is 9. The Bertz CT molecular complexity index is 2200. The second-order valence-corrected chi connectivity index (χ2v) is 15.9. The minimum absolute atomic E-state index is 0.115. The van der Waals surface area contributed by atoms with E-state index in [0.29, 0.717) is 63.0 Å². The summed E-state index contributed by atoms with van der Waals surface area (Å²) in [6.07, 6.45) is 3.71. The SMILES string of the molecule is Cc1cc(Oc2ccccc2)ccc1N1C(=O)Nc2c(C(=O)N[C@@H]3CCCN(C(=O)/C(C#N)=C/C(C)(C)N(C)C(=O)OC(C)(C)C)C3)sc3nccc1c23. The van der Waals surface area contributed by atoms with E-state index in [1.54, 1.807) is 69.8 Å². The molecule has 2 aromatic heterocycles. The van der Waals surface area contributed by atoms with E-state index in [1.165, 1.54) is 22.3 Å². The van der Waals surface area contributed by atoms with Crippen LogP contribution in [-0.4, -0.2) is 76.0 Å². The highest BCUT2D eigenvalue weighted by atomic mass is 32.1. The first-order valence-electron chi connectivity index (χ1n) is 17.6. The molecule has 0 aliphatic carbocycles. The first kappa shape index (κ1) is 37.8. The van der Waals surface area contributed by atoms with Gasteiger partial charge < -0.3 is 29.9 Å². The molecule has 0 radical (unpaired) electrons. The molecule has 4 aromatic rings. The van der Waals surface area contributed by atoms with Gasteiger partial charge in [-0.05, 0) is 102 Å². The van der Waals surface area contributed by atoms with Gasteiger partial charge in [-0.15, -0.1) is 11.3 Å². The molecule has 2 N–H and O–H groups in total. The Hall–Kier alpha value is -5.94. The number of likely N-dealkylation sites (N-methyl/N-ethyl adjacent to an activating group) is 1. The number of thiophene rings is 1. The maximum Gasteiger partial charge on any atom is 0.410 e. The Morgan fingerprint density at radius 2 is 1.81 bits per heavy atom. The third-order valence-electron chi connectivity index (χ3n) is 9.26. The van der Waals surface area contributed by atoms with Crippen molar-refractivity contribution in [1.29, 1.82) is 5.26 Å². The number of carbonyl (C=O) groups is 4.